The second kappa shape index (κ2) is 7.23. The van der Waals surface area contributed by atoms with E-state index in [0.29, 0.717) is 6.61 Å². The van der Waals surface area contributed by atoms with Gasteiger partial charge in [-0.15, -0.1) is 0 Å². The third kappa shape index (κ3) is 3.82. The van der Waals surface area contributed by atoms with Gasteiger partial charge in [-0.05, 0) is 56.6 Å². The predicted molar refractivity (Wildman–Crippen MR) is 86.8 cm³/mol. The second-order valence-corrected chi connectivity index (χ2v) is 5.12. The summed E-state index contributed by atoms with van der Waals surface area (Å²) in [6.07, 6.45) is 0. The summed E-state index contributed by atoms with van der Waals surface area (Å²) in [5.41, 5.74) is 4.59. The fourth-order valence-electron chi connectivity index (χ4n) is 2.54. The summed E-state index contributed by atoms with van der Waals surface area (Å²) in [5.74, 6) is 0.912. The minimum absolute atomic E-state index is 0.166. The monoisotopic (exact) mass is 284 g/mol. The van der Waals surface area contributed by atoms with Gasteiger partial charge in [-0.2, -0.15) is 0 Å². The van der Waals surface area contributed by atoms with Crippen LogP contribution in [0.25, 0.3) is 0 Å². The Hall–Kier alpha value is -1.87. The number of pyridine rings is 1. The molecule has 3 nitrogen and oxygen atoms in total. The first-order chi connectivity index (χ1) is 10.2. The topological polar surface area (TPSA) is 34.1 Å². The molecule has 0 saturated heterocycles. The van der Waals surface area contributed by atoms with E-state index in [4.69, 9.17) is 4.74 Å². The van der Waals surface area contributed by atoms with Gasteiger partial charge in [-0.3, -0.25) is 4.98 Å². The Labute approximate surface area is 127 Å². The lowest BCUT2D eigenvalue weighted by Crippen LogP contribution is -2.23. The maximum Gasteiger partial charge on any atom is 0.119 e. The zero-order valence-corrected chi connectivity index (χ0v) is 13.3. The van der Waals surface area contributed by atoms with Gasteiger partial charge in [0.05, 0.1) is 12.6 Å². The van der Waals surface area contributed by atoms with Crippen molar-refractivity contribution in [3.05, 3.63) is 58.9 Å². The molecular formula is C18H24N2O. The van der Waals surface area contributed by atoms with Crippen molar-refractivity contribution < 1.29 is 4.74 Å². The van der Waals surface area contributed by atoms with Crippen LogP contribution in [0.3, 0.4) is 0 Å². The van der Waals surface area contributed by atoms with Crippen molar-refractivity contribution >= 4 is 0 Å². The minimum Gasteiger partial charge on any atom is -0.494 e. The summed E-state index contributed by atoms with van der Waals surface area (Å²) in [5, 5.41) is 3.55. The number of aromatic nitrogens is 1. The van der Waals surface area contributed by atoms with Crippen molar-refractivity contribution in [2.75, 3.05) is 13.2 Å². The molecule has 0 saturated carbocycles. The first-order valence-corrected chi connectivity index (χ1v) is 7.56. The largest absolute Gasteiger partial charge is 0.494 e. The summed E-state index contributed by atoms with van der Waals surface area (Å²) in [6, 6.07) is 12.7. The van der Waals surface area contributed by atoms with Crippen LogP contribution in [-0.4, -0.2) is 18.1 Å². The van der Waals surface area contributed by atoms with E-state index in [-0.39, 0.29) is 6.04 Å². The lowest BCUT2D eigenvalue weighted by atomic mass is 9.97. The lowest BCUT2D eigenvalue weighted by Gasteiger charge is -2.21. The van der Waals surface area contributed by atoms with Crippen LogP contribution >= 0.6 is 0 Å². The third-order valence-corrected chi connectivity index (χ3v) is 3.51. The van der Waals surface area contributed by atoms with E-state index < -0.39 is 0 Å². The molecule has 2 rings (SSSR count). The van der Waals surface area contributed by atoms with Crippen molar-refractivity contribution in [2.24, 2.45) is 0 Å². The molecule has 3 heteroatoms. The average molecular weight is 284 g/mol. The molecule has 0 fully saturated rings. The van der Waals surface area contributed by atoms with Gasteiger partial charge in [-0.1, -0.05) is 25.1 Å². The summed E-state index contributed by atoms with van der Waals surface area (Å²) in [7, 11) is 0. The van der Waals surface area contributed by atoms with Crippen molar-refractivity contribution in [2.45, 2.75) is 33.7 Å². The van der Waals surface area contributed by atoms with Crippen molar-refractivity contribution in [1.29, 1.82) is 0 Å². The number of aryl methyl sites for hydroxylation is 2. The normalized spacial score (nSPS) is 12.2. The quantitative estimate of drug-likeness (QED) is 0.876. The maximum absolute atomic E-state index is 5.51. The SMILES string of the molecule is CCNC(c1ccc(OCC)cc1)c1ccc(C)nc1C. The van der Waals surface area contributed by atoms with Crippen LogP contribution in [0.1, 0.15) is 42.4 Å². The first kappa shape index (κ1) is 15.5. The standard InChI is InChI=1S/C18H24N2O/c1-5-19-18(17-12-7-13(3)20-14(17)4)15-8-10-16(11-9-15)21-6-2/h7-12,18-19H,5-6H2,1-4H3. The van der Waals surface area contributed by atoms with E-state index in [2.05, 4.69) is 48.4 Å². The molecule has 1 aromatic heterocycles. The molecule has 21 heavy (non-hydrogen) atoms. The van der Waals surface area contributed by atoms with Gasteiger partial charge in [0.25, 0.3) is 0 Å². The van der Waals surface area contributed by atoms with Crippen molar-refractivity contribution in [1.82, 2.24) is 10.3 Å². The number of rotatable bonds is 6. The molecular weight excluding hydrogens is 260 g/mol. The maximum atomic E-state index is 5.51. The third-order valence-electron chi connectivity index (χ3n) is 3.51. The van der Waals surface area contributed by atoms with Gasteiger partial charge >= 0.3 is 0 Å². The van der Waals surface area contributed by atoms with Crippen LogP contribution < -0.4 is 10.1 Å². The van der Waals surface area contributed by atoms with Crippen molar-refractivity contribution in [3.8, 4) is 5.75 Å². The zero-order chi connectivity index (χ0) is 15.2. The van der Waals surface area contributed by atoms with Gasteiger partial charge in [0.15, 0.2) is 0 Å². The Morgan fingerprint density at radius 3 is 2.33 bits per heavy atom. The zero-order valence-electron chi connectivity index (χ0n) is 13.3. The fourth-order valence-corrected chi connectivity index (χ4v) is 2.54. The lowest BCUT2D eigenvalue weighted by molar-refractivity contribution is 0.340. The molecule has 0 amide bonds. The van der Waals surface area contributed by atoms with E-state index >= 15 is 0 Å². The van der Waals surface area contributed by atoms with Gasteiger partial charge in [-0.25, -0.2) is 0 Å². The Kier molecular flexibility index (Phi) is 5.34. The van der Waals surface area contributed by atoms with Crippen molar-refractivity contribution in [3.63, 3.8) is 0 Å². The Balaban J connectivity index is 2.33. The van der Waals surface area contributed by atoms with Crippen LogP contribution in [-0.2, 0) is 0 Å². The Morgan fingerprint density at radius 2 is 1.76 bits per heavy atom. The molecule has 2 aromatic rings. The van der Waals surface area contributed by atoms with Gasteiger partial charge in [0.1, 0.15) is 5.75 Å². The van der Waals surface area contributed by atoms with Crippen LogP contribution in [0.2, 0.25) is 0 Å². The highest BCUT2D eigenvalue weighted by Crippen LogP contribution is 2.26. The number of nitrogens with zero attached hydrogens (tertiary/aromatic N) is 1. The smallest absolute Gasteiger partial charge is 0.119 e. The molecule has 1 unspecified atom stereocenters. The number of hydrogen-bond acceptors (Lipinski definition) is 3. The van der Waals surface area contributed by atoms with E-state index in [1.54, 1.807) is 0 Å². The molecule has 112 valence electrons. The average Bonchev–Trinajstić information content (AvgIpc) is 2.47. The Morgan fingerprint density at radius 1 is 1.05 bits per heavy atom. The predicted octanol–water partition coefficient (Wildman–Crippen LogP) is 3.80. The molecule has 0 radical (unpaired) electrons. The highest BCUT2D eigenvalue weighted by atomic mass is 16.5. The van der Waals surface area contributed by atoms with E-state index in [1.807, 2.05) is 26.0 Å². The Bertz CT molecular complexity index is 578. The molecule has 0 aliphatic carbocycles. The van der Waals surface area contributed by atoms with Crippen LogP contribution in [0.15, 0.2) is 36.4 Å². The highest BCUT2D eigenvalue weighted by Gasteiger charge is 2.16. The van der Waals surface area contributed by atoms with E-state index in [9.17, 15) is 0 Å². The summed E-state index contributed by atoms with van der Waals surface area (Å²) in [6.45, 7) is 9.81. The minimum atomic E-state index is 0.166. The fraction of sp³-hybridized carbons (Fsp3) is 0.389. The van der Waals surface area contributed by atoms with Gasteiger partial charge in [0, 0.05) is 11.4 Å². The molecule has 0 aliphatic heterocycles. The molecule has 0 spiro atoms. The van der Waals surface area contributed by atoms with Gasteiger partial charge in [0.2, 0.25) is 0 Å². The number of benzene rings is 1. The molecule has 0 aliphatic rings. The molecule has 1 N–H and O–H groups in total. The number of hydrogen-bond donors (Lipinski definition) is 1. The molecule has 1 heterocycles. The molecule has 0 bridgehead atoms. The summed E-state index contributed by atoms with van der Waals surface area (Å²) in [4.78, 5) is 4.58. The highest BCUT2D eigenvalue weighted by molar-refractivity contribution is 5.37. The summed E-state index contributed by atoms with van der Waals surface area (Å²) < 4.78 is 5.51. The van der Waals surface area contributed by atoms with Crippen LogP contribution in [0.4, 0.5) is 0 Å². The number of ether oxygens (including phenoxy) is 1. The summed E-state index contributed by atoms with van der Waals surface area (Å²) >= 11 is 0. The van der Waals surface area contributed by atoms with E-state index in [0.717, 1.165) is 23.7 Å². The first-order valence-electron chi connectivity index (χ1n) is 7.56. The van der Waals surface area contributed by atoms with E-state index in [1.165, 1.54) is 11.1 Å². The second-order valence-electron chi connectivity index (χ2n) is 5.12. The van der Waals surface area contributed by atoms with Crippen LogP contribution in [0.5, 0.6) is 5.75 Å². The molecule has 1 atom stereocenters. The number of nitrogens with one attached hydrogen (secondary N) is 1. The van der Waals surface area contributed by atoms with Gasteiger partial charge < -0.3 is 10.1 Å². The van der Waals surface area contributed by atoms with Crippen LogP contribution in [0, 0.1) is 13.8 Å². The molecule has 1 aromatic carbocycles.